The molecule has 1 unspecified atom stereocenters. The Kier molecular flexibility index (Phi) is 7.80. The first kappa shape index (κ1) is 25.5. The predicted molar refractivity (Wildman–Crippen MR) is 125 cm³/mol. The van der Waals surface area contributed by atoms with Crippen LogP contribution in [0.1, 0.15) is 28.8 Å². The Morgan fingerprint density at radius 1 is 1.08 bits per heavy atom. The van der Waals surface area contributed by atoms with Gasteiger partial charge in [-0.1, -0.05) is 6.07 Å². The minimum absolute atomic E-state index is 0.0265. The van der Waals surface area contributed by atoms with E-state index in [2.05, 4.69) is 10.1 Å². The second-order valence-corrected chi connectivity index (χ2v) is 8.70. The van der Waals surface area contributed by atoms with Gasteiger partial charge in [0.25, 0.3) is 0 Å². The molecule has 1 atom stereocenters. The lowest BCUT2D eigenvalue weighted by Crippen LogP contribution is -2.48. The largest absolute Gasteiger partial charge is 0.493 e. The number of esters is 1. The maximum absolute atomic E-state index is 14.7. The smallest absolute Gasteiger partial charge is 0.338 e. The second-order valence-electron chi connectivity index (χ2n) is 8.70. The van der Waals surface area contributed by atoms with Gasteiger partial charge in [0.2, 0.25) is 0 Å². The van der Waals surface area contributed by atoms with Crippen LogP contribution in [-0.4, -0.2) is 70.7 Å². The van der Waals surface area contributed by atoms with E-state index in [1.807, 2.05) is 4.90 Å². The molecule has 1 N–H and O–H groups in total. The Morgan fingerprint density at radius 2 is 1.83 bits per heavy atom. The number of piperidine rings is 1. The topological polar surface area (TPSA) is 98.9 Å². The van der Waals surface area contributed by atoms with Crippen molar-refractivity contribution in [1.82, 2.24) is 19.7 Å². The van der Waals surface area contributed by atoms with E-state index in [0.717, 1.165) is 12.1 Å². The summed E-state index contributed by atoms with van der Waals surface area (Å²) < 4.78 is 45.7. The zero-order valence-corrected chi connectivity index (χ0v) is 20.1. The van der Waals surface area contributed by atoms with Crippen LogP contribution in [0, 0.1) is 11.6 Å². The zero-order chi connectivity index (χ0) is 25.7. The average Bonchev–Trinajstić information content (AvgIpc) is 3.37. The minimum Gasteiger partial charge on any atom is -0.493 e. The van der Waals surface area contributed by atoms with E-state index in [1.165, 1.54) is 37.6 Å². The van der Waals surface area contributed by atoms with Crippen molar-refractivity contribution in [2.24, 2.45) is 0 Å². The standard InChI is InChI=1S/C25H28F2N4O5/c1-34-22-6-3-17(11-23(22)35-2)24(32)36-19-7-9-30(10-8-19)13-25(33,14-31-16-28-15-29-31)20-5-4-18(26)12-21(20)27/h3-6,11-12,15-16,19,33H,7-10,13-14H2,1-2H3. The lowest BCUT2D eigenvalue weighted by Gasteiger charge is -2.38. The van der Waals surface area contributed by atoms with Gasteiger partial charge in [-0.15, -0.1) is 0 Å². The fourth-order valence-corrected chi connectivity index (χ4v) is 4.41. The van der Waals surface area contributed by atoms with Crippen LogP contribution in [0.2, 0.25) is 0 Å². The molecule has 2 heterocycles. The number of aromatic nitrogens is 3. The van der Waals surface area contributed by atoms with Crippen LogP contribution in [0.4, 0.5) is 8.78 Å². The van der Waals surface area contributed by atoms with Crippen LogP contribution in [0.25, 0.3) is 0 Å². The zero-order valence-electron chi connectivity index (χ0n) is 20.1. The SMILES string of the molecule is COc1ccc(C(=O)OC2CCN(CC(O)(Cn3cncn3)c3ccc(F)cc3F)CC2)cc1OC. The molecule has 192 valence electrons. The number of likely N-dealkylation sites (tertiary alicyclic amines) is 1. The maximum Gasteiger partial charge on any atom is 0.338 e. The Balaban J connectivity index is 1.40. The third-order valence-corrected chi connectivity index (χ3v) is 6.24. The molecule has 11 heteroatoms. The van der Waals surface area contributed by atoms with Gasteiger partial charge in [-0.3, -0.25) is 4.90 Å². The molecule has 1 aromatic heterocycles. The Bertz CT molecular complexity index is 1190. The molecule has 9 nitrogen and oxygen atoms in total. The molecule has 0 spiro atoms. The van der Waals surface area contributed by atoms with Crippen molar-refractivity contribution in [2.75, 3.05) is 33.9 Å². The fraction of sp³-hybridized carbons (Fsp3) is 0.400. The molecule has 1 aliphatic heterocycles. The number of β-amino-alcohol motifs (C(OH)–C–C–N with tert-alkyl or cyclic N) is 1. The molecule has 1 saturated heterocycles. The second kappa shape index (κ2) is 11.0. The molecule has 2 aromatic carbocycles. The number of hydrogen-bond donors (Lipinski definition) is 1. The number of methoxy groups -OCH3 is 2. The number of ether oxygens (including phenoxy) is 3. The first-order valence-corrected chi connectivity index (χ1v) is 11.5. The van der Waals surface area contributed by atoms with Crippen molar-refractivity contribution in [3.05, 3.63) is 71.8 Å². The molecule has 0 bridgehead atoms. The summed E-state index contributed by atoms with van der Waals surface area (Å²) in [6.45, 7) is 1.02. The molecule has 0 aliphatic carbocycles. The van der Waals surface area contributed by atoms with Gasteiger partial charge in [0.15, 0.2) is 11.5 Å². The number of halogens is 2. The van der Waals surface area contributed by atoms with Gasteiger partial charge in [0, 0.05) is 31.3 Å². The summed E-state index contributed by atoms with van der Waals surface area (Å²) in [6.07, 6.45) is 3.49. The van der Waals surface area contributed by atoms with E-state index in [9.17, 15) is 18.7 Å². The predicted octanol–water partition coefficient (Wildman–Crippen LogP) is 2.78. The summed E-state index contributed by atoms with van der Waals surface area (Å²) in [5.41, 5.74) is -1.36. The highest BCUT2D eigenvalue weighted by atomic mass is 19.1. The highest BCUT2D eigenvalue weighted by Gasteiger charge is 2.37. The van der Waals surface area contributed by atoms with E-state index in [0.29, 0.717) is 43.0 Å². The summed E-state index contributed by atoms with van der Waals surface area (Å²) in [5.74, 6) is -1.09. The fourth-order valence-electron chi connectivity index (χ4n) is 4.41. The lowest BCUT2D eigenvalue weighted by atomic mass is 9.91. The Hall–Kier alpha value is -3.57. The van der Waals surface area contributed by atoms with E-state index in [1.54, 1.807) is 18.2 Å². The van der Waals surface area contributed by atoms with Crippen LogP contribution in [0.15, 0.2) is 49.1 Å². The van der Waals surface area contributed by atoms with Crippen LogP contribution < -0.4 is 9.47 Å². The maximum atomic E-state index is 14.7. The normalized spacial score (nSPS) is 16.4. The third kappa shape index (κ3) is 5.80. The number of hydrogen-bond acceptors (Lipinski definition) is 8. The van der Waals surface area contributed by atoms with Gasteiger partial charge in [0.1, 0.15) is 36.0 Å². The van der Waals surface area contributed by atoms with Crippen LogP contribution in [-0.2, 0) is 16.9 Å². The van der Waals surface area contributed by atoms with Crippen molar-refractivity contribution in [3.8, 4) is 11.5 Å². The lowest BCUT2D eigenvalue weighted by molar-refractivity contribution is -0.0396. The molecular formula is C25H28F2N4O5. The van der Waals surface area contributed by atoms with Crippen LogP contribution in [0.5, 0.6) is 11.5 Å². The number of carbonyl (C=O) groups is 1. The molecule has 1 fully saturated rings. The Labute approximate surface area is 207 Å². The van der Waals surface area contributed by atoms with E-state index < -0.39 is 23.2 Å². The van der Waals surface area contributed by atoms with Crippen LogP contribution in [0.3, 0.4) is 0 Å². The van der Waals surface area contributed by atoms with Gasteiger partial charge in [-0.05, 0) is 37.1 Å². The third-order valence-electron chi connectivity index (χ3n) is 6.24. The van der Waals surface area contributed by atoms with Gasteiger partial charge in [0.05, 0.1) is 26.3 Å². The van der Waals surface area contributed by atoms with E-state index in [4.69, 9.17) is 14.2 Å². The van der Waals surface area contributed by atoms with Crippen LogP contribution >= 0.6 is 0 Å². The van der Waals surface area contributed by atoms with E-state index in [-0.39, 0.29) is 24.8 Å². The molecule has 3 aromatic rings. The number of carbonyl (C=O) groups excluding carboxylic acids is 1. The van der Waals surface area contributed by atoms with Gasteiger partial charge in [-0.25, -0.2) is 23.2 Å². The number of aliphatic hydroxyl groups is 1. The number of nitrogens with zero attached hydrogens (tertiary/aromatic N) is 4. The van der Waals surface area contributed by atoms with Gasteiger partial charge < -0.3 is 19.3 Å². The number of benzene rings is 2. The van der Waals surface area contributed by atoms with Gasteiger partial charge in [-0.2, -0.15) is 5.10 Å². The molecule has 4 rings (SSSR count). The monoisotopic (exact) mass is 502 g/mol. The molecule has 0 saturated carbocycles. The summed E-state index contributed by atoms with van der Waals surface area (Å²) in [5, 5.41) is 15.6. The number of rotatable bonds is 9. The first-order valence-electron chi connectivity index (χ1n) is 11.5. The molecular weight excluding hydrogens is 474 g/mol. The quantitative estimate of drug-likeness (QED) is 0.446. The van der Waals surface area contributed by atoms with Crippen molar-refractivity contribution >= 4 is 5.97 Å². The van der Waals surface area contributed by atoms with Crippen molar-refractivity contribution in [2.45, 2.75) is 31.1 Å². The van der Waals surface area contributed by atoms with Crippen molar-refractivity contribution in [1.29, 1.82) is 0 Å². The average molecular weight is 503 g/mol. The molecule has 0 radical (unpaired) electrons. The first-order chi connectivity index (χ1) is 17.3. The van der Waals surface area contributed by atoms with E-state index >= 15 is 0 Å². The Morgan fingerprint density at radius 3 is 2.47 bits per heavy atom. The summed E-state index contributed by atoms with van der Waals surface area (Å²) in [7, 11) is 3.01. The minimum atomic E-state index is -1.69. The van der Waals surface area contributed by atoms with Gasteiger partial charge >= 0.3 is 5.97 Å². The summed E-state index contributed by atoms with van der Waals surface area (Å²) in [6, 6.07) is 7.94. The molecule has 0 amide bonds. The van der Waals surface area contributed by atoms with Crippen molar-refractivity contribution < 1.29 is 32.9 Å². The molecule has 36 heavy (non-hydrogen) atoms. The highest BCUT2D eigenvalue weighted by Crippen LogP contribution is 2.30. The molecule has 1 aliphatic rings. The highest BCUT2D eigenvalue weighted by molar-refractivity contribution is 5.90. The summed E-state index contributed by atoms with van der Waals surface area (Å²) in [4.78, 5) is 18.5. The van der Waals surface area contributed by atoms with Crippen molar-refractivity contribution in [3.63, 3.8) is 0 Å². The summed E-state index contributed by atoms with van der Waals surface area (Å²) >= 11 is 0.